The molecule has 3 aromatic rings. The molecule has 2 aromatic heterocycles. The summed E-state index contributed by atoms with van der Waals surface area (Å²) in [6, 6.07) is 11.7. The number of amides is 1. The van der Waals surface area contributed by atoms with Gasteiger partial charge in [0.15, 0.2) is 0 Å². The van der Waals surface area contributed by atoms with Crippen LogP contribution >= 0.6 is 0 Å². The molecule has 6 nitrogen and oxygen atoms in total. The molecule has 0 unspecified atom stereocenters. The third-order valence-electron chi connectivity index (χ3n) is 4.43. The van der Waals surface area contributed by atoms with Crippen LogP contribution in [0.1, 0.15) is 22.3 Å². The summed E-state index contributed by atoms with van der Waals surface area (Å²) in [5.74, 6) is -0.0703. The fourth-order valence-corrected chi connectivity index (χ4v) is 3.02. The van der Waals surface area contributed by atoms with Crippen LogP contribution in [0.4, 0.5) is 0 Å². The molecule has 1 aliphatic rings. The maximum absolute atomic E-state index is 12.4. The van der Waals surface area contributed by atoms with E-state index in [0.29, 0.717) is 18.8 Å². The largest absolute Gasteiger partial charge is 0.379 e. The van der Waals surface area contributed by atoms with Gasteiger partial charge < -0.3 is 14.6 Å². The number of imidazole rings is 1. The molecular formula is C20H20N4O2. The zero-order valence-corrected chi connectivity index (χ0v) is 14.3. The number of hydrogen-bond donors (Lipinski definition) is 1. The van der Waals surface area contributed by atoms with E-state index < -0.39 is 0 Å². The summed E-state index contributed by atoms with van der Waals surface area (Å²) in [6.07, 6.45) is 8.19. The summed E-state index contributed by atoms with van der Waals surface area (Å²) in [4.78, 5) is 21.0. The van der Waals surface area contributed by atoms with Crippen molar-refractivity contribution in [2.45, 2.75) is 19.0 Å². The van der Waals surface area contributed by atoms with E-state index in [1.54, 1.807) is 12.5 Å². The van der Waals surface area contributed by atoms with E-state index in [4.69, 9.17) is 4.74 Å². The molecule has 0 aliphatic carbocycles. The normalized spacial score (nSPS) is 16.5. The summed E-state index contributed by atoms with van der Waals surface area (Å²) in [7, 11) is 0. The van der Waals surface area contributed by atoms with Gasteiger partial charge in [-0.3, -0.25) is 9.78 Å². The monoisotopic (exact) mass is 348 g/mol. The number of nitrogens with one attached hydrogen (secondary N) is 1. The SMILES string of the molecule is O=C(N[C@H]1CCOC1)c1cccc(-c2ccc(Cn3ccnc3)cn2)c1. The van der Waals surface area contributed by atoms with Gasteiger partial charge in [0.1, 0.15) is 0 Å². The minimum absolute atomic E-state index is 0.0703. The smallest absolute Gasteiger partial charge is 0.251 e. The minimum atomic E-state index is -0.0703. The van der Waals surface area contributed by atoms with E-state index in [1.807, 2.05) is 53.4 Å². The maximum Gasteiger partial charge on any atom is 0.251 e. The second-order valence-corrected chi connectivity index (χ2v) is 6.40. The predicted molar refractivity (Wildman–Crippen MR) is 97.7 cm³/mol. The zero-order chi connectivity index (χ0) is 17.8. The molecule has 1 aliphatic heterocycles. The first-order valence-electron chi connectivity index (χ1n) is 8.68. The van der Waals surface area contributed by atoms with Crippen molar-refractivity contribution in [1.29, 1.82) is 0 Å². The summed E-state index contributed by atoms with van der Waals surface area (Å²) >= 11 is 0. The molecule has 1 amide bonds. The third-order valence-corrected chi connectivity index (χ3v) is 4.43. The molecule has 0 radical (unpaired) electrons. The van der Waals surface area contributed by atoms with Crippen LogP contribution in [0, 0.1) is 0 Å². The number of carbonyl (C=O) groups excluding carboxylic acids is 1. The quantitative estimate of drug-likeness (QED) is 0.769. The lowest BCUT2D eigenvalue weighted by molar-refractivity contribution is 0.0930. The number of aromatic nitrogens is 3. The molecule has 1 N–H and O–H groups in total. The van der Waals surface area contributed by atoms with E-state index in [0.717, 1.165) is 29.8 Å². The first kappa shape index (κ1) is 16.5. The van der Waals surface area contributed by atoms with Crippen molar-refractivity contribution in [1.82, 2.24) is 19.9 Å². The Morgan fingerprint density at radius 2 is 2.27 bits per heavy atom. The fourth-order valence-electron chi connectivity index (χ4n) is 3.02. The molecule has 1 aromatic carbocycles. The van der Waals surface area contributed by atoms with Crippen LogP contribution in [0.3, 0.4) is 0 Å². The average molecular weight is 348 g/mol. The van der Waals surface area contributed by atoms with Gasteiger partial charge in [-0.25, -0.2) is 4.98 Å². The van der Waals surface area contributed by atoms with Crippen molar-refractivity contribution < 1.29 is 9.53 Å². The van der Waals surface area contributed by atoms with E-state index in [9.17, 15) is 4.79 Å². The highest BCUT2D eigenvalue weighted by atomic mass is 16.5. The highest BCUT2D eigenvalue weighted by Crippen LogP contribution is 2.19. The molecule has 1 fully saturated rings. The van der Waals surface area contributed by atoms with Crippen molar-refractivity contribution in [3.05, 3.63) is 72.4 Å². The van der Waals surface area contributed by atoms with Crippen LogP contribution in [-0.4, -0.2) is 39.7 Å². The number of rotatable bonds is 5. The number of pyridine rings is 1. The van der Waals surface area contributed by atoms with Gasteiger partial charge in [-0.2, -0.15) is 0 Å². The van der Waals surface area contributed by atoms with Gasteiger partial charge in [-0.05, 0) is 30.2 Å². The number of benzene rings is 1. The van der Waals surface area contributed by atoms with Crippen LogP contribution in [0.15, 0.2) is 61.3 Å². The third kappa shape index (κ3) is 3.81. The highest BCUT2D eigenvalue weighted by Gasteiger charge is 2.18. The second-order valence-electron chi connectivity index (χ2n) is 6.40. The van der Waals surface area contributed by atoms with Crippen molar-refractivity contribution in [3.63, 3.8) is 0 Å². The number of nitrogens with zero attached hydrogens (tertiary/aromatic N) is 3. The highest BCUT2D eigenvalue weighted by molar-refractivity contribution is 5.95. The van der Waals surface area contributed by atoms with Crippen molar-refractivity contribution in [3.8, 4) is 11.3 Å². The lowest BCUT2D eigenvalue weighted by Gasteiger charge is -2.11. The van der Waals surface area contributed by atoms with Crippen molar-refractivity contribution in [2.24, 2.45) is 0 Å². The first-order chi connectivity index (χ1) is 12.8. The first-order valence-corrected chi connectivity index (χ1v) is 8.68. The van der Waals surface area contributed by atoms with Crippen LogP contribution in [0.5, 0.6) is 0 Å². The van der Waals surface area contributed by atoms with Crippen molar-refractivity contribution in [2.75, 3.05) is 13.2 Å². The lowest BCUT2D eigenvalue weighted by Crippen LogP contribution is -2.34. The number of carbonyl (C=O) groups is 1. The molecule has 132 valence electrons. The molecule has 4 rings (SSSR count). The summed E-state index contributed by atoms with van der Waals surface area (Å²) in [5.41, 5.74) is 3.51. The van der Waals surface area contributed by atoms with Crippen LogP contribution in [0.2, 0.25) is 0 Å². The van der Waals surface area contributed by atoms with Gasteiger partial charge in [-0.15, -0.1) is 0 Å². The Bertz CT molecular complexity index is 869. The van der Waals surface area contributed by atoms with E-state index >= 15 is 0 Å². The molecule has 0 bridgehead atoms. The average Bonchev–Trinajstić information content (AvgIpc) is 3.37. The Labute approximate surface area is 151 Å². The number of hydrogen-bond acceptors (Lipinski definition) is 4. The van der Waals surface area contributed by atoms with Gasteiger partial charge in [-0.1, -0.05) is 18.2 Å². The standard InChI is InChI=1S/C20H20N4O2/c25-20(23-18-6-9-26-13-18)17-3-1-2-16(10-17)19-5-4-15(11-22-19)12-24-8-7-21-14-24/h1-5,7-8,10-11,14,18H,6,9,12-13H2,(H,23,25)/t18-/m0/s1. The Hall–Kier alpha value is -2.99. The van der Waals surface area contributed by atoms with E-state index in [1.165, 1.54) is 0 Å². The van der Waals surface area contributed by atoms with E-state index in [2.05, 4.69) is 15.3 Å². The summed E-state index contributed by atoms with van der Waals surface area (Å²) < 4.78 is 7.30. The molecule has 0 spiro atoms. The summed E-state index contributed by atoms with van der Waals surface area (Å²) in [6.45, 7) is 2.03. The molecule has 0 saturated carbocycles. The van der Waals surface area contributed by atoms with Gasteiger partial charge in [0.25, 0.3) is 5.91 Å². The van der Waals surface area contributed by atoms with Gasteiger partial charge in [0, 0.05) is 42.9 Å². The minimum Gasteiger partial charge on any atom is -0.379 e. The second kappa shape index (κ2) is 7.49. The number of ether oxygens (including phenoxy) is 1. The Kier molecular flexibility index (Phi) is 4.75. The predicted octanol–water partition coefficient (Wildman–Crippen LogP) is 2.51. The van der Waals surface area contributed by atoms with Gasteiger partial charge in [0.05, 0.1) is 24.7 Å². The van der Waals surface area contributed by atoms with E-state index in [-0.39, 0.29) is 11.9 Å². The molecular weight excluding hydrogens is 328 g/mol. The molecule has 26 heavy (non-hydrogen) atoms. The Morgan fingerprint density at radius 1 is 1.31 bits per heavy atom. The molecule has 1 atom stereocenters. The maximum atomic E-state index is 12.4. The molecule has 3 heterocycles. The van der Waals surface area contributed by atoms with Crippen LogP contribution < -0.4 is 5.32 Å². The Morgan fingerprint density at radius 3 is 3.00 bits per heavy atom. The topological polar surface area (TPSA) is 69.0 Å². The van der Waals surface area contributed by atoms with Crippen LogP contribution in [0.25, 0.3) is 11.3 Å². The fraction of sp³-hybridized carbons (Fsp3) is 0.250. The molecule has 6 heteroatoms. The lowest BCUT2D eigenvalue weighted by atomic mass is 10.1. The summed E-state index contributed by atoms with van der Waals surface area (Å²) in [5, 5.41) is 3.01. The van der Waals surface area contributed by atoms with Gasteiger partial charge in [0.2, 0.25) is 0 Å². The van der Waals surface area contributed by atoms with Crippen LogP contribution in [-0.2, 0) is 11.3 Å². The van der Waals surface area contributed by atoms with Gasteiger partial charge >= 0.3 is 0 Å². The van der Waals surface area contributed by atoms with Crippen molar-refractivity contribution >= 4 is 5.91 Å². The molecule has 1 saturated heterocycles. The zero-order valence-electron chi connectivity index (χ0n) is 14.3. The Balaban J connectivity index is 1.47.